The first-order valence-electron chi connectivity index (χ1n) is 11.8. The highest BCUT2D eigenvalue weighted by Gasteiger charge is 2.15. The maximum absolute atomic E-state index is 13.2. The zero-order chi connectivity index (χ0) is 27.6. The van der Waals surface area contributed by atoms with Crippen molar-refractivity contribution in [3.63, 3.8) is 0 Å². The molecule has 0 aliphatic rings. The third kappa shape index (κ3) is 8.85. The van der Waals surface area contributed by atoms with Crippen LogP contribution in [0.3, 0.4) is 0 Å². The fourth-order valence-electron chi connectivity index (χ4n) is 3.38. The molecule has 0 saturated heterocycles. The molecule has 0 aliphatic heterocycles. The van der Waals surface area contributed by atoms with E-state index in [1.807, 2.05) is 42.5 Å². The van der Waals surface area contributed by atoms with Crippen LogP contribution >= 0.6 is 39.3 Å². The first kappa shape index (κ1) is 28.2. The van der Waals surface area contributed by atoms with E-state index in [1.54, 1.807) is 66.7 Å². The van der Waals surface area contributed by atoms with Gasteiger partial charge < -0.3 is 16.0 Å². The predicted octanol–water partition coefficient (Wildman–Crippen LogP) is 7.24. The standard InChI is InChI=1S/C30H23BrClN3O3S/c31-22-8-12-24(13-9-22)33-28(36)19-39-26-16-14-25(15-17-26)34-30(38)27(18-20-6-10-23(32)11-7-20)35-29(37)21-4-2-1-3-5-21/h1-18H,19H2,(H,33,36)(H,34,38)(H,35,37)/b27-18-. The fraction of sp³-hybridized carbons (Fsp3) is 0.0333. The molecule has 6 nitrogen and oxygen atoms in total. The Kier molecular flexibility index (Phi) is 9.97. The van der Waals surface area contributed by atoms with E-state index in [1.165, 1.54) is 11.8 Å². The van der Waals surface area contributed by atoms with Crippen LogP contribution in [-0.2, 0) is 9.59 Å². The van der Waals surface area contributed by atoms with E-state index < -0.39 is 11.8 Å². The molecule has 0 saturated carbocycles. The monoisotopic (exact) mass is 619 g/mol. The summed E-state index contributed by atoms with van der Waals surface area (Å²) in [5.41, 5.74) is 2.47. The molecule has 4 aromatic carbocycles. The number of carbonyl (C=O) groups is 3. The van der Waals surface area contributed by atoms with Crippen molar-refractivity contribution in [2.75, 3.05) is 16.4 Å². The van der Waals surface area contributed by atoms with Gasteiger partial charge in [-0.15, -0.1) is 11.8 Å². The van der Waals surface area contributed by atoms with Crippen LogP contribution < -0.4 is 16.0 Å². The number of benzene rings is 4. The van der Waals surface area contributed by atoms with Gasteiger partial charge >= 0.3 is 0 Å². The minimum Gasteiger partial charge on any atom is -0.325 e. The van der Waals surface area contributed by atoms with Crippen molar-refractivity contribution in [1.29, 1.82) is 0 Å². The van der Waals surface area contributed by atoms with Gasteiger partial charge in [0.2, 0.25) is 5.91 Å². The number of amides is 3. The summed E-state index contributed by atoms with van der Waals surface area (Å²) in [7, 11) is 0. The molecule has 0 heterocycles. The first-order chi connectivity index (χ1) is 18.9. The summed E-state index contributed by atoms with van der Waals surface area (Å²) in [6, 6.07) is 30.1. The van der Waals surface area contributed by atoms with E-state index in [9.17, 15) is 14.4 Å². The van der Waals surface area contributed by atoms with E-state index in [4.69, 9.17) is 11.6 Å². The van der Waals surface area contributed by atoms with Crippen LogP contribution in [0.4, 0.5) is 11.4 Å². The van der Waals surface area contributed by atoms with Crippen molar-refractivity contribution in [1.82, 2.24) is 5.32 Å². The smallest absolute Gasteiger partial charge is 0.272 e. The Labute approximate surface area is 244 Å². The average molecular weight is 621 g/mol. The van der Waals surface area contributed by atoms with E-state index in [-0.39, 0.29) is 17.4 Å². The third-order valence-corrected chi connectivity index (χ3v) is 7.11. The number of anilines is 2. The Bertz CT molecular complexity index is 1480. The van der Waals surface area contributed by atoms with Crippen molar-refractivity contribution < 1.29 is 14.4 Å². The normalized spacial score (nSPS) is 11.0. The van der Waals surface area contributed by atoms with Crippen LogP contribution in [-0.4, -0.2) is 23.5 Å². The molecule has 39 heavy (non-hydrogen) atoms. The van der Waals surface area contributed by atoms with Gasteiger partial charge in [0.1, 0.15) is 5.70 Å². The Morgan fingerprint density at radius 3 is 2.05 bits per heavy atom. The highest BCUT2D eigenvalue weighted by Crippen LogP contribution is 2.22. The summed E-state index contributed by atoms with van der Waals surface area (Å²) in [6.07, 6.45) is 1.58. The SMILES string of the molecule is O=C(CSc1ccc(NC(=O)/C(=C/c2ccc(Cl)cc2)NC(=O)c2ccccc2)cc1)Nc1ccc(Br)cc1. The lowest BCUT2D eigenvalue weighted by Crippen LogP contribution is -2.30. The molecule has 9 heteroatoms. The van der Waals surface area contributed by atoms with Crippen LogP contribution in [0.1, 0.15) is 15.9 Å². The minimum atomic E-state index is -0.483. The molecule has 4 aromatic rings. The number of hydrogen-bond acceptors (Lipinski definition) is 4. The van der Waals surface area contributed by atoms with Crippen molar-refractivity contribution in [3.8, 4) is 0 Å². The maximum atomic E-state index is 13.2. The molecular formula is C30H23BrClN3O3S. The highest BCUT2D eigenvalue weighted by molar-refractivity contribution is 9.10. The largest absolute Gasteiger partial charge is 0.325 e. The second kappa shape index (κ2) is 13.8. The molecule has 0 spiro atoms. The summed E-state index contributed by atoms with van der Waals surface area (Å²) >= 11 is 10.7. The van der Waals surface area contributed by atoms with Crippen molar-refractivity contribution in [2.45, 2.75) is 4.90 Å². The summed E-state index contributed by atoms with van der Waals surface area (Å²) < 4.78 is 0.938. The van der Waals surface area contributed by atoms with Gasteiger partial charge in [-0.25, -0.2) is 0 Å². The molecule has 3 N–H and O–H groups in total. The first-order valence-corrected chi connectivity index (χ1v) is 13.9. The number of nitrogens with one attached hydrogen (secondary N) is 3. The second-order valence-electron chi connectivity index (χ2n) is 8.25. The molecule has 0 radical (unpaired) electrons. The Morgan fingerprint density at radius 1 is 0.769 bits per heavy atom. The lowest BCUT2D eigenvalue weighted by molar-refractivity contribution is -0.114. The summed E-state index contributed by atoms with van der Waals surface area (Å²) in [5.74, 6) is -0.769. The van der Waals surface area contributed by atoms with Gasteiger partial charge in [-0.1, -0.05) is 57.9 Å². The lowest BCUT2D eigenvalue weighted by atomic mass is 10.1. The van der Waals surface area contributed by atoms with E-state index in [0.29, 0.717) is 21.8 Å². The quantitative estimate of drug-likeness (QED) is 0.136. The third-order valence-electron chi connectivity index (χ3n) is 5.32. The van der Waals surface area contributed by atoms with Gasteiger partial charge in [0, 0.05) is 31.3 Å². The van der Waals surface area contributed by atoms with Crippen molar-refractivity contribution in [3.05, 3.63) is 129 Å². The molecule has 4 rings (SSSR count). The van der Waals surface area contributed by atoms with Crippen LogP contribution in [0.25, 0.3) is 6.08 Å². The molecule has 3 amide bonds. The molecule has 0 atom stereocenters. The molecular weight excluding hydrogens is 598 g/mol. The van der Waals surface area contributed by atoms with Crippen LogP contribution in [0, 0.1) is 0 Å². The van der Waals surface area contributed by atoms with Crippen molar-refractivity contribution >= 4 is 74.5 Å². The lowest BCUT2D eigenvalue weighted by Gasteiger charge is -2.12. The molecule has 0 aromatic heterocycles. The molecule has 0 unspecified atom stereocenters. The number of hydrogen-bond donors (Lipinski definition) is 3. The zero-order valence-electron chi connectivity index (χ0n) is 20.5. The van der Waals surface area contributed by atoms with Crippen molar-refractivity contribution in [2.24, 2.45) is 0 Å². The van der Waals surface area contributed by atoms with Gasteiger partial charge in [0.25, 0.3) is 11.8 Å². The minimum absolute atomic E-state index is 0.0780. The summed E-state index contributed by atoms with van der Waals surface area (Å²) in [6.45, 7) is 0. The fourth-order valence-corrected chi connectivity index (χ4v) is 4.47. The number of carbonyl (C=O) groups excluding carboxylic acids is 3. The second-order valence-corrected chi connectivity index (χ2v) is 10.7. The number of halogens is 2. The molecule has 0 fully saturated rings. The van der Waals surface area contributed by atoms with Gasteiger partial charge in [-0.2, -0.15) is 0 Å². The van der Waals surface area contributed by atoms with Crippen LogP contribution in [0.15, 0.2) is 118 Å². The highest BCUT2D eigenvalue weighted by atomic mass is 79.9. The molecule has 196 valence electrons. The number of thioether (sulfide) groups is 1. The van der Waals surface area contributed by atoms with Crippen LogP contribution in [0.2, 0.25) is 5.02 Å². The van der Waals surface area contributed by atoms with E-state index in [2.05, 4.69) is 31.9 Å². The molecule has 0 aliphatic carbocycles. The van der Waals surface area contributed by atoms with E-state index in [0.717, 1.165) is 15.1 Å². The van der Waals surface area contributed by atoms with Gasteiger partial charge in [-0.05, 0) is 84.4 Å². The summed E-state index contributed by atoms with van der Waals surface area (Å²) in [4.78, 5) is 39.1. The zero-order valence-corrected chi connectivity index (χ0v) is 23.6. The molecule has 0 bridgehead atoms. The summed E-state index contributed by atoms with van der Waals surface area (Å²) in [5, 5.41) is 8.95. The van der Waals surface area contributed by atoms with Crippen LogP contribution in [0.5, 0.6) is 0 Å². The Balaban J connectivity index is 1.39. The van der Waals surface area contributed by atoms with Gasteiger partial charge in [-0.3, -0.25) is 14.4 Å². The average Bonchev–Trinajstić information content (AvgIpc) is 2.95. The predicted molar refractivity (Wildman–Crippen MR) is 162 cm³/mol. The Morgan fingerprint density at radius 2 is 1.38 bits per heavy atom. The topological polar surface area (TPSA) is 87.3 Å². The Hall–Kier alpha value is -3.85. The number of rotatable bonds is 9. The van der Waals surface area contributed by atoms with Gasteiger partial charge in [0.05, 0.1) is 5.75 Å². The van der Waals surface area contributed by atoms with E-state index >= 15 is 0 Å². The van der Waals surface area contributed by atoms with Gasteiger partial charge in [0.15, 0.2) is 0 Å². The maximum Gasteiger partial charge on any atom is 0.272 e.